The predicted octanol–water partition coefficient (Wildman–Crippen LogP) is 0.0218. The van der Waals surface area contributed by atoms with Gasteiger partial charge in [-0.3, -0.25) is 4.79 Å². The Morgan fingerprint density at radius 1 is 1.69 bits per heavy atom. The van der Waals surface area contributed by atoms with E-state index in [0.717, 1.165) is 6.42 Å². The van der Waals surface area contributed by atoms with Gasteiger partial charge in [-0.2, -0.15) is 0 Å². The van der Waals surface area contributed by atoms with E-state index in [4.69, 9.17) is 0 Å². The van der Waals surface area contributed by atoms with Crippen LogP contribution in [0.25, 0.3) is 0 Å². The normalized spacial score (nSPS) is 16.4. The minimum absolute atomic E-state index is 0.331. The van der Waals surface area contributed by atoms with Gasteiger partial charge in [0.25, 0.3) is 6.79 Å². The van der Waals surface area contributed by atoms with E-state index in [2.05, 4.69) is 14.9 Å². The van der Waals surface area contributed by atoms with Crippen LogP contribution in [0, 0.1) is 5.21 Å². The maximum Gasteiger partial charge on any atom is 0.305 e. The Balaban J connectivity index is 2.11. The number of hydrogen-bond acceptors (Lipinski definition) is 5. The smallest absolute Gasteiger partial charge is 0.305 e. The molecule has 0 atom stereocenters. The number of carbonyl (C=O) groups is 1. The maximum absolute atomic E-state index is 10.9. The molecule has 0 saturated carbocycles. The first-order valence-electron chi connectivity index (χ1n) is 3.88. The van der Waals surface area contributed by atoms with Crippen molar-refractivity contribution < 1.29 is 19.3 Å². The third kappa shape index (κ3) is 3.14. The minimum Gasteiger partial charge on any atom is -0.569 e. The van der Waals surface area contributed by atoms with Crippen LogP contribution in [0.5, 0.6) is 0 Å². The third-order valence-electron chi connectivity index (χ3n) is 1.52. The summed E-state index contributed by atoms with van der Waals surface area (Å²) in [5.74, 6) is -0.475. The molecule has 0 aromatic heterocycles. The number of nitrogens with zero attached hydrogens (tertiary/aromatic N) is 3. The topological polar surface area (TPSA) is 77.2 Å². The van der Waals surface area contributed by atoms with Gasteiger partial charge >= 0.3 is 5.97 Å². The van der Waals surface area contributed by atoms with Gasteiger partial charge in [-0.25, -0.2) is 0 Å². The van der Waals surface area contributed by atoms with E-state index in [-0.39, 0.29) is 6.79 Å². The standard InChI is InChI=1S/C6H11N3O4/c1-6(10)12-5-13-7-9(11)8-3-2-4-8/h2-5H2,1H3. The molecule has 1 saturated heterocycles. The highest BCUT2D eigenvalue weighted by atomic mass is 16.8. The van der Waals surface area contributed by atoms with E-state index in [0.29, 0.717) is 18.1 Å². The van der Waals surface area contributed by atoms with Crippen molar-refractivity contribution in [2.24, 2.45) is 5.28 Å². The first kappa shape index (κ1) is 9.56. The van der Waals surface area contributed by atoms with E-state index >= 15 is 0 Å². The molecule has 1 rings (SSSR count). The van der Waals surface area contributed by atoms with Crippen molar-refractivity contribution in [3.05, 3.63) is 5.21 Å². The van der Waals surface area contributed by atoms with Crippen molar-refractivity contribution in [3.8, 4) is 0 Å². The molecule has 0 bridgehead atoms. The summed E-state index contributed by atoms with van der Waals surface area (Å²) in [5, 5.41) is 15.5. The fraction of sp³-hybridized carbons (Fsp3) is 0.833. The van der Waals surface area contributed by atoms with Crippen LogP contribution in [0.3, 0.4) is 0 Å². The SMILES string of the molecule is CC(=O)OCON=[N+]([O-])N1CCC1. The molecule has 0 radical (unpaired) electrons. The molecule has 1 aliphatic heterocycles. The fourth-order valence-electron chi connectivity index (χ4n) is 0.705. The van der Waals surface area contributed by atoms with Crippen LogP contribution in [0.1, 0.15) is 13.3 Å². The second-order valence-electron chi connectivity index (χ2n) is 2.52. The Bertz CT molecular complexity index is 214. The van der Waals surface area contributed by atoms with E-state index in [9.17, 15) is 10.0 Å². The average molecular weight is 189 g/mol. The molecule has 1 fully saturated rings. The highest BCUT2D eigenvalue weighted by Gasteiger charge is 2.21. The first-order valence-corrected chi connectivity index (χ1v) is 3.88. The summed E-state index contributed by atoms with van der Waals surface area (Å²) < 4.78 is 4.38. The largest absolute Gasteiger partial charge is 0.569 e. The van der Waals surface area contributed by atoms with Crippen LogP contribution in [0.15, 0.2) is 5.28 Å². The Labute approximate surface area is 75.0 Å². The van der Waals surface area contributed by atoms with Crippen molar-refractivity contribution >= 4 is 5.97 Å². The zero-order valence-electron chi connectivity index (χ0n) is 7.30. The number of carbonyl (C=O) groups excluding carboxylic acids is 1. The molecular weight excluding hydrogens is 178 g/mol. The van der Waals surface area contributed by atoms with E-state index in [1.54, 1.807) is 0 Å². The van der Waals surface area contributed by atoms with E-state index in [1.807, 2.05) is 0 Å². The third-order valence-corrected chi connectivity index (χ3v) is 1.52. The Morgan fingerprint density at radius 3 is 2.85 bits per heavy atom. The highest BCUT2D eigenvalue weighted by molar-refractivity contribution is 5.65. The second-order valence-corrected chi connectivity index (χ2v) is 2.52. The summed E-state index contributed by atoms with van der Waals surface area (Å²) in [7, 11) is 0. The lowest BCUT2D eigenvalue weighted by molar-refractivity contribution is -0.723. The first-order chi connectivity index (χ1) is 6.20. The Morgan fingerprint density at radius 2 is 2.38 bits per heavy atom. The van der Waals surface area contributed by atoms with Crippen molar-refractivity contribution in [2.75, 3.05) is 19.9 Å². The highest BCUT2D eigenvalue weighted by Crippen LogP contribution is 2.05. The molecule has 1 aliphatic rings. The van der Waals surface area contributed by atoms with E-state index in [1.165, 1.54) is 11.9 Å². The van der Waals surface area contributed by atoms with Gasteiger partial charge < -0.3 is 14.8 Å². The molecule has 0 aromatic carbocycles. The van der Waals surface area contributed by atoms with Gasteiger partial charge in [0.15, 0.2) is 0 Å². The molecule has 0 spiro atoms. The summed E-state index contributed by atoms with van der Waals surface area (Å²) >= 11 is 0. The maximum atomic E-state index is 10.9. The van der Waals surface area contributed by atoms with Gasteiger partial charge in [0.1, 0.15) is 0 Å². The molecule has 0 aliphatic carbocycles. The zero-order valence-corrected chi connectivity index (χ0v) is 7.30. The van der Waals surface area contributed by atoms with Gasteiger partial charge in [-0.15, -0.1) is 5.01 Å². The molecule has 74 valence electrons. The van der Waals surface area contributed by atoms with Crippen LogP contribution in [0.4, 0.5) is 0 Å². The fourth-order valence-corrected chi connectivity index (χ4v) is 0.705. The molecule has 13 heavy (non-hydrogen) atoms. The molecule has 1 heterocycles. The zero-order chi connectivity index (χ0) is 9.68. The Kier molecular flexibility index (Phi) is 3.30. The van der Waals surface area contributed by atoms with Gasteiger partial charge in [0, 0.05) is 6.92 Å². The van der Waals surface area contributed by atoms with E-state index < -0.39 is 5.97 Å². The lowest BCUT2D eigenvalue weighted by atomic mass is 10.3. The van der Waals surface area contributed by atoms with Crippen LogP contribution >= 0.6 is 0 Å². The number of ether oxygens (including phenoxy) is 1. The molecule has 0 amide bonds. The van der Waals surface area contributed by atoms with Crippen molar-refractivity contribution in [3.63, 3.8) is 0 Å². The quantitative estimate of drug-likeness (QED) is 0.155. The molecule has 0 N–H and O–H groups in total. The lowest BCUT2D eigenvalue weighted by Crippen LogP contribution is -2.42. The number of esters is 1. The minimum atomic E-state index is -0.475. The van der Waals surface area contributed by atoms with Gasteiger partial charge in [-0.05, 0) is 6.42 Å². The average Bonchev–Trinajstić information content (AvgIpc) is 1.94. The van der Waals surface area contributed by atoms with Gasteiger partial charge in [-0.1, -0.05) is 0 Å². The summed E-state index contributed by atoms with van der Waals surface area (Å²) in [6.45, 7) is 2.28. The van der Waals surface area contributed by atoms with Crippen LogP contribution in [-0.4, -0.2) is 35.8 Å². The monoisotopic (exact) mass is 189 g/mol. The second kappa shape index (κ2) is 4.48. The Hall–Kier alpha value is -1.53. The van der Waals surface area contributed by atoms with Crippen molar-refractivity contribution in [2.45, 2.75) is 13.3 Å². The van der Waals surface area contributed by atoms with Crippen molar-refractivity contribution in [1.29, 1.82) is 0 Å². The van der Waals surface area contributed by atoms with Crippen LogP contribution in [-0.2, 0) is 14.4 Å². The summed E-state index contributed by atoms with van der Waals surface area (Å²) in [4.78, 5) is 15.0. The number of hydrazine groups is 1. The number of hydrogen-bond donors (Lipinski definition) is 0. The van der Waals surface area contributed by atoms with Crippen LogP contribution < -0.4 is 0 Å². The van der Waals surface area contributed by atoms with Gasteiger partial charge in [0.05, 0.1) is 18.1 Å². The summed E-state index contributed by atoms with van der Waals surface area (Å²) in [6.07, 6.45) is 0.984. The number of rotatable bonds is 4. The molecule has 0 aromatic rings. The predicted molar refractivity (Wildman–Crippen MR) is 40.0 cm³/mol. The van der Waals surface area contributed by atoms with Crippen molar-refractivity contribution in [1.82, 2.24) is 5.01 Å². The van der Waals surface area contributed by atoms with Crippen LogP contribution in [0.2, 0.25) is 0 Å². The molecular formula is C6H11N3O4. The molecule has 7 nitrogen and oxygen atoms in total. The summed E-state index contributed by atoms with van der Waals surface area (Å²) in [6, 6.07) is 0. The molecule has 7 heteroatoms. The molecule has 0 unspecified atom stereocenters. The summed E-state index contributed by atoms with van der Waals surface area (Å²) in [5.41, 5.74) is 0. The lowest BCUT2D eigenvalue weighted by Gasteiger charge is -2.24. The van der Waals surface area contributed by atoms with Gasteiger partial charge in [0.2, 0.25) is 5.28 Å².